The number of nitrogens with two attached hydrogens (primary N) is 1. The van der Waals surface area contributed by atoms with Crippen molar-refractivity contribution in [3.8, 4) is 5.82 Å². The van der Waals surface area contributed by atoms with Gasteiger partial charge in [-0.1, -0.05) is 13.8 Å². The fourth-order valence-electron chi connectivity index (χ4n) is 2.18. The lowest BCUT2D eigenvalue weighted by atomic mass is 10.1. The van der Waals surface area contributed by atoms with Gasteiger partial charge in [0, 0.05) is 18.8 Å². The Balaban J connectivity index is 2.48. The molecule has 5 nitrogen and oxygen atoms in total. The first kappa shape index (κ1) is 12.8. The second-order valence-electron chi connectivity index (χ2n) is 4.89. The molecule has 0 radical (unpaired) electrons. The maximum absolute atomic E-state index is 5.67. The average molecular weight is 247 g/mol. The number of rotatable bonds is 4. The molecular formula is C13H21N5. The average Bonchev–Trinajstić information content (AvgIpc) is 2.86. The maximum Gasteiger partial charge on any atom is 0.155 e. The first-order valence-corrected chi connectivity index (χ1v) is 6.33. The van der Waals surface area contributed by atoms with E-state index in [0.717, 1.165) is 23.6 Å². The first-order chi connectivity index (χ1) is 8.54. The molecule has 0 saturated carbocycles. The molecule has 0 unspecified atom stereocenters. The second kappa shape index (κ2) is 4.94. The monoisotopic (exact) mass is 247 g/mol. The number of aromatic nitrogens is 4. The molecule has 98 valence electrons. The molecule has 0 bridgehead atoms. The zero-order valence-electron chi connectivity index (χ0n) is 11.5. The summed E-state index contributed by atoms with van der Waals surface area (Å²) in [4.78, 5) is 0. The minimum absolute atomic E-state index is 0.429. The van der Waals surface area contributed by atoms with E-state index in [1.54, 1.807) is 0 Å². The van der Waals surface area contributed by atoms with Crippen LogP contribution in [0.1, 0.15) is 36.7 Å². The van der Waals surface area contributed by atoms with Crippen molar-refractivity contribution in [1.82, 2.24) is 19.6 Å². The third kappa shape index (κ3) is 2.18. The van der Waals surface area contributed by atoms with E-state index in [-0.39, 0.29) is 0 Å². The number of hydrogen-bond donors (Lipinski definition) is 1. The van der Waals surface area contributed by atoms with Gasteiger partial charge in [-0.05, 0) is 31.9 Å². The van der Waals surface area contributed by atoms with Crippen molar-refractivity contribution in [1.29, 1.82) is 0 Å². The van der Waals surface area contributed by atoms with Gasteiger partial charge in [-0.2, -0.15) is 10.2 Å². The minimum atomic E-state index is 0.429. The highest BCUT2D eigenvalue weighted by Crippen LogP contribution is 2.19. The Morgan fingerprint density at radius 1 is 1.33 bits per heavy atom. The highest BCUT2D eigenvalue weighted by atomic mass is 15.4. The smallest absolute Gasteiger partial charge is 0.155 e. The summed E-state index contributed by atoms with van der Waals surface area (Å²) in [5, 5.41) is 9.07. The Hall–Kier alpha value is -1.62. The van der Waals surface area contributed by atoms with Crippen LogP contribution in [0.2, 0.25) is 0 Å². The van der Waals surface area contributed by atoms with Crippen molar-refractivity contribution in [2.45, 2.75) is 33.1 Å². The minimum Gasteiger partial charge on any atom is -0.330 e. The van der Waals surface area contributed by atoms with Gasteiger partial charge in [0.25, 0.3) is 0 Å². The predicted octanol–water partition coefficient (Wildman–Crippen LogP) is 1.54. The van der Waals surface area contributed by atoms with Crippen molar-refractivity contribution >= 4 is 0 Å². The summed E-state index contributed by atoms with van der Waals surface area (Å²) in [6.45, 7) is 6.92. The van der Waals surface area contributed by atoms with Crippen LogP contribution >= 0.6 is 0 Å². The number of hydrogen-bond acceptors (Lipinski definition) is 3. The fraction of sp³-hybridized carbons (Fsp3) is 0.538. The summed E-state index contributed by atoms with van der Waals surface area (Å²) in [6.07, 6.45) is 2.82. The molecule has 2 N–H and O–H groups in total. The van der Waals surface area contributed by atoms with E-state index in [0.29, 0.717) is 12.5 Å². The number of aryl methyl sites for hydroxylation is 2. The van der Waals surface area contributed by atoms with E-state index in [1.807, 2.05) is 29.5 Å². The molecule has 0 saturated heterocycles. The van der Waals surface area contributed by atoms with E-state index in [9.17, 15) is 0 Å². The van der Waals surface area contributed by atoms with Crippen LogP contribution in [0.4, 0.5) is 0 Å². The van der Waals surface area contributed by atoms with Gasteiger partial charge in [-0.25, -0.2) is 4.68 Å². The molecule has 0 aliphatic carbocycles. The molecule has 2 rings (SSSR count). The van der Waals surface area contributed by atoms with Crippen LogP contribution in [0.25, 0.3) is 5.82 Å². The van der Waals surface area contributed by atoms with Gasteiger partial charge in [-0.3, -0.25) is 4.68 Å². The summed E-state index contributed by atoms with van der Waals surface area (Å²) in [5.41, 5.74) is 8.97. The fourth-order valence-corrected chi connectivity index (χ4v) is 2.18. The van der Waals surface area contributed by atoms with Gasteiger partial charge in [0.2, 0.25) is 0 Å². The maximum atomic E-state index is 5.67. The summed E-state index contributed by atoms with van der Waals surface area (Å²) >= 11 is 0. The Morgan fingerprint density at radius 2 is 2.06 bits per heavy atom. The molecule has 2 heterocycles. The molecule has 0 fully saturated rings. The van der Waals surface area contributed by atoms with Crippen LogP contribution in [0.15, 0.2) is 12.3 Å². The van der Waals surface area contributed by atoms with Gasteiger partial charge in [0.15, 0.2) is 5.82 Å². The zero-order chi connectivity index (χ0) is 13.3. The second-order valence-corrected chi connectivity index (χ2v) is 4.89. The van der Waals surface area contributed by atoms with Crippen molar-refractivity contribution in [2.75, 3.05) is 6.54 Å². The summed E-state index contributed by atoms with van der Waals surface area (Å²) in [7, 11) is 1.94. The topological polar surface area (TPSA) is 61.7 Å². The molecule has 2 aromatic heterocycles. The standard InChI is InChI=1S/C13H21N5/c1-9(2)12-6-8-18(16-12)13-11(5-7-14)10(3)15-17(13)4/h6,8-9H,5,7,14H2,1-4H3. The molecule has 18 heavy (non-hydrogen) atoms. The van der Waals surface area contributed by atoms with E-state index in [1.165, 1.54) is 5.56 Å². The Morgan fingerprint density at radius 3 is 2.61 bits per heavy atom. The largest absolute Gasteiger partial charge is 0.330 e. The lowest BCUT2D eigenvalue weighted by molar-refractivity contribution is 0.676. The highest BCUT2D eigenvalue weighted by molar-refractivity contribution is 5.38. The predicted molar refractivity (Wildman–Crippen MR) is 71.9 cm³/mol. The van der Waals surface area contributed by atoms with Crippen LogP contribution in [-0.4, -0.2) is 26.1 Å². The van der Waals surface area contributed by atoms with Crippen LogP contribution in [0.3, 0.4) is 0 Å². The van der Waals surface area contributed by atoms with Crippen molar-refractivity contribution < 1.29 is 0 Å². The lowest BCUT2D eigenvalue weighted by Crippen LogP contribution is -2.10. The van der Waals surface area contributed by atoms with Gasteiger partial charge in [0.05, 0.1) is 11.4 Å². The Labute approximate surface area is 108 Å². The molecule has 2 aromatic rings. The number of nitrogens with zero attached hydrogens (tertiary/aromatic N) is 4. The molecule has 0 aliphatic rings. The Kier molecular flexibility index (Phi) is 3.52. The lowest BCUT2D eigenvalue weighted by Gasteiger charge is -2.06. The van der Waals surface area contributed by atoms with E-state index in [4.69, 9.17) is 5.73 Å². The normalized spacial score (nSPS) is 11.4. The first-order valence-electron chi connectivity index (χ1n) is 6.33. The van der Waals surface area contributed by atoms with Crippen LogP contribution in [0, 0.1) is 6.92 Å². The van der Waals surface area contributed by atoms with Crippen LogP contribution in [0.5, 0.6) is 0 Å². The van der Waals surface area contributed by atoms with Crippen molar-refractivity contribution in [3.63, 3.8) is 0 Å². The molecule has 0 aromatic carbocycles. The molecule has 0 aliphatic heterocycles. The van der Waals surface area contributed by atoms with Crippen molar-refractivity contribution in [3.05, 3.63) is 29.2 Å². The SMILES string of the molecule is Cc1nn(C)c(-n2ccc(C(C)C)n2)c1CCN. The van der Waals surface area contributed by atoms with Gasteiger partial charge in [0.1, 0.15) is 0 Å². The quantitative estimate of drug-likeness (QED) is 0.891. The van der Waals surface area contributed by atoms with Crippen molar-refractivity contribution in [2.24, 2.45) is 12.8 Å². The van der Waals surface area contributed by atoms with Gasteiger partial charge < -0.3 is 5.73 Å². The summed E-state index contributed by atoms with van der Waals surface area (Å²) in [6, 6.07) is 2.05. The highest BCUT2D eigenvalue weighted by Gasteiger charge is 2.15. The van der Waals surface area contributed by atoms with Crippen LogP contribution < -0.4 is 5.73 Å². The van der Waals surface area contributed by atoms with Gasteiger partial charge in [-0.15, -0.1) is 0 Å². The Bertz CT molecular complexity index is 536. The molecule has 0 atom stereocenters. The molecule has 0 amide bonds. The summed E-state index contributed by atoms with van der Waals surface area (Å²) < 4.78 is 3.78. The van der Waals surface area contributed by atoms with Crippen LogP contribution in [-0.2, 0) is 13.5 Å². The zero-order valence-corrected chi connectivity index (χ0v) is 11.5. The van der Waals surface area contributed by atoms with E-state index in [2.05, 4.69) is 30.1 Å². The molecular weight excluding hydrogens is 226 g/mol. The van der Waals surface area contributed by atoms with Gasteiger partial charge >= 0.3 is 0 Å². The third-order valence-electron chi connectivity index (χ3n) is 3.13. The summed E-state index contributed by atoms with van der Waals surface area (Å²) in [5.74, 6) is 1.45. The molecule has 5 heteroatoms. The third-order valence-corrected chi connectivity index (χ3v) is 3.13. The van der Waals surface area contributed by atoms with E-state index < -0.39 is 0 Å². The molecule has 0 spiro atoms. The van der Waals surface area contributed by atoms with E-state index >= 15 is 0 Å².